The minimum atomic E-state index is -0.737. The van der Waals surface area contributed by atoms with Gasteiger partial charge in [-0.05, 0) is 73.5 Å². The van der Waals surface area contributed by atoms with E-state index in [2.05, 4.69) is 43.3 Å². The Morgan fingerprint density at radius 3 is 2.34 bits per heavy atom. The lowest BCUT2D eigenvalue weighted by atomic mass is 9.78. The molecule has 0 bridgehead atoms. The lowest BCUT2D eigenvalue weighted by Gasteiger charge is -2.27. The Bertz CT molecular complexity index is 844. The van der Waals surface area contributed by atoms with Crippen molar-refractivity contribution in [3.8, 4) is 0 Å². The van der Waals surface area contributed by atoms with Gasteiger partial charge in [-0.1, -0.05) is 55.5 Å². The van der Waals surface area contributed by atoms with Crippen LogP contribution in [0.5, 0.6) is 0 Å². The first-order valence-corrected chi connectivity index (χ1v) is 11.0. The van der Waals surface area contributed by atoms with Crippen LogP contribution in [0.4, 0.5) is 8.78 Å². The second-order valence-electron chi connectivity index (χ2n) is 8.44. The van der Waals surface area contributed by atoms with E-state index in [1.165, 1.54) is 36.8 Å². The number of allylic oxidation sites excluding steroid dienone is 2. The number of ether oxygens (including phenoxy) is 1. The van der Waals surface area contributed by atoms with Gasteiger partial charge in [0.1, 0.15) is 6.10 Å². The van der Waals surface area contributed by atoms with Crippen LogP contribution in [0.25, 0.3) is 0 Å². The highest BCUT2D eigenvalue weighted by molar-refractivity contribution is 5.30. The lowest BCUT2D eigenvalue weighted by molar-refractivity contribution is 0.375. The second-order valence-corrected chi connectivity index (χ2v) is 8.44. The molecule has 1 saturated heterocycles. The quantitative estimate of drug-likeness (QED) is 0.360. The van der Waals surface area contributed by atoms with Crippen LogP contribution in [0.2, 0.25) is 0 Å². The molecule has 4 rings (SSSR count). The van der Waals surface area contributed by atoms with Crippen LogP contribution < -0.4 is 0 Å². The molecule has 1 nitrogen and oxygen atoms in total. The van der Waals surface area contributed by atoms with E-state index in [-0.39, 0.29) is 6.10 Å². The molecule has 1 unspecified atom stereocenters. The van der Waals surface area contributed by atoms with Crippen molar-refractivity contribution in [1.29, 1.82) is 0 Å². The minimum absolute atomic E-state index is 0.252. The summed E-state index contributed by atoms with van der Waals surface area (Å²) in [5.41, 5.74) is 3.68. The fourth-order valence-corrected chi connectivity index (χ4v) is 4.47. The van der Waals surface area contributed by atoms with Gasteiger partial charge in [-0.2, -0.15) is 0 Å². The minimum Gasteiger partial charge on any atom is -0.368 e. The average Bonchev–Trinajstić information content (AvgIpc) is 3.60. The molecule has 2 fully saturated rings. The zero-order valence-electron chi connectivity index (χ0n) is 17.2. The van der Waals surface area contributed by atoms with Crippen molar-refractivity contribution < 1.29 is 13.5 Å². The summed E-state index contributed by atoms with van der Waals surface area (Å²) in [5.74, 6) is -0.158. The van der Waals surface area contributed by atoms with Crippen LogP contribution in [0.3, 0.4) is 0 Å². The number of halogens is 2. The fraction of sp³-hybridized carbons (Fsp3) is 0.462. The van der Waals surface area contributed by atoms with Gasteiger partial charge >= 0.3 is 0 Å². The number of hydrogen-bond donors (Lipinski definition) is 0. The Hall–Kier alpha value is -2.00. The molecular formula is C26H30F2O. The maximum atomic E-state index is 14.2. The summed E-state index contributed by atoms with van der Waals surface area (Å²) < 4.78 is 33.4. The first kappa shape index (κ1) is 20.3. The zero-order chi connectivity index (χ0) is 20.2. The molecule has 0 radical (unpaired) electrons. The third kappa shape index (κ3) is 4.95. The summed E-state index contributed by atoms with van der Waals surface area (Å²) in [6, 6.07) is 12.5. The molecule has 2 aromatic carbocycles. The van der Waals surface area contributed by atoms with Gasteiger partial charge in [0.15, 0.2) is 11.6 Å². The normalized spacial score (nSPS) is 24.2. The first-order valence-electron chi connectivity index (χ1n) is 11.0. The van der Waals surface area contributed by atoms with Gasteiger partial charge in [-0.15, -0.1) is 0 Å². The predicted octanol–water partition coefficient (Wildman–Crippen LogP) is 7.06. The summed E-state index contributed by atoms with van der Waals surface area (Å²) in [6.07, 6.45) is 11.4. The number of epoxide rings is 1. The van der Waals surface area contributed by atoms with Crippen molar-refractivity contribution in [2.24, 2.45) is 5.92 Å². The summed E-state index contributed by atoms with van der Waals surface area (Å²) in [5, 5.41) is 0. The van der Waals surface area contributed by atoms with Gasteiger partial charge in [0, 0.05) is 5.56 Å². The Morgan fingerprint density at radius 2 is 1.69 bits per heavy atom. The molecule has 29 heavy (non-hydrogen) atoms. The summed E-state index contributed by atoms with van der Waals surface area (Å²) >= 11 is 0. The third-order valence-corrected chi connectivity index (χ3v) is 6.49. The zero-order valence-corrected chi connectivity index (χ0v) is 17.2. The molecule has 0 N–H and O–H groups in total. The van der Waals surface area contributed by atoms with Gasteiger partial charge in [0.25, 0.3) is 0 Å². The van der Waals surface area contributed by atoms with Crippen molar-refractivity contribution in [3.63, 3.8) is 0 Å². The smallest absolute Gasteiger partial charge is 0.164 e. The molecule has 3 heteroatoms. The van der Waals surface area contributed by atoms with Crippen LogP contribution in [-0.2, 0) is 17.6 Å². The Labute approximate surface area is 172 Å². The van der Waals surface area contributed by atoms with E-state index in [1.54, 1.807) is 12.1 Å². The Balaban J connectivity index is 1.24. The molecule has 2 aliphatic rings. The maximum absolute atomic E-state index is 14.2. The number of hydrogen-bond acceptors (Lipinski definition) is 1. The van der Waals surface area contributed by atoms with E-state index < -0.39 is 11.6 Å². The number of aryl methyl sites for hydroxylation is 2. The molecule has 0 amide bonds. The molecule has 0 spiro atoms. The van der Waals surface area contributed by atoms with Crippen LogP contribution in [-0.4, -0.2) is 6.61 Å². The average molecular weight is 397 g/mol. The molecule has 154 valence electrons. The largest absolute Gasteiger partial charge is 0.368 e. The monoisotopic (exact) mass is 396 g/mol. The van der Waals surface area contributed by atoms with Gasteiger partial charge in [-0.25, -0.2) is 8.78 Å². The van der Waals surface area contributed by atoms with Crippen molar-refractivity contribution >= 4 is 0 Å². The molecule has 0 aromatic heterocycles. The first-order chi connectivity index (χ1) is 14.2. The highest BCUT2D eigenvalue weighted by Crippen LogP contribution is 2.37. The number of rotatable bonds is 7. The van der Waals surface area contributed by atoms with Gasteiger partial charge in [0.05, 0.1) is 6.61 Å². The predicted molar refractivity (Wildman–Crippen MR) is 113 cm³/mol. The standard InChI is InChI=1S/C26H30F2O/c1-2-18-7-11-20(12-8-18)21-13-9-19(10-14-21)5-3-4-6-22-15-16-23(24-17-29-24)26(28)25(22)27/h3,5,7-8,11-12,15-16,19,21,24H,2,4,6,9-10,13-14,17H2,1H3/b5-3+. The van der Waals surface area contributed by atoms with Crippen molar-refractivity contribution in [1.82, 2.24) is 0 Å². The maximum Gasteiger partial charge on any atom is 0.164 e. The molecule has 1 heterocycles. The topological polar surface area (TPSA) is 12.5 Å². The van der Waals surface area contributed by atoms with Gasteiger partial charge < -0.3 is 4.74 Å². The van der Waals surface area contributed by atoms with Crippen molar-refractivity contribution in [2.75, 3.05) is 6.61 Å². The van der Waals surface area contributed by atoms with E-state index in [1.807, 2.05) is 0 Å². The van der Waals surface area contributed by atoms with Crippen LogP contribution in [0.1, 0.15) is 73.3 Å². The summed E-state index contributed by atoms with van der Waals surface area (Å²) in [4.78, 5) is 0. The van der Waals surface area contributed by atoms with E-state index >= 15 is 0 Å². The summed E-state index contributed by atoms with van der Waals surface area (Å²) in [6.45, 7) is 2.68. The molecule has 1 aliphatic heterocycles. The van der Waals surface area contributed by atoms with Gasteiger partial charge in [0.2, 0.25) is 0 Å². The van der Waals surface area contributed by atoms with E-state index in [9.17, 15) is 8.78 Å². The van der Waals surface area contributed by atoms with Crippen molar-refractivity contribution in [2.45, 2.75) is 63.9 Å². The Morgan fingerprint density at radius 1 is 0.966 bits per heavy atom. The van der Waals surface area contributed by atoms with E-state index in [4.69, 9.17) is 4.74 Å². The van der Waals surface area contributed by atoms with E-state index in [0.717, 1.165) is 12.8 Å². The highest BCUT2D eigenvalue weighted by Gasteiger charge is 2.29. The molecule has 2 aromatic rings. The Kier molecular flexibility index (Phi) is 6.44. The number of benzene rings is 2. The molecule has 1 saturated carbocycles. The lowest BCUT2D eigenvalue weighted by Crippen LogP contribution is -2.11. The molecule has 1 aliphatic carbocycles. The van der Waals surface area contributed by atoms with E-state index in [0.29, 0.717) is 36.0 Å². The molecule has 1 atom stereocenters. The van der Waals surface area contributed by atoms with Crippen LogP contribution in [0.15, 0.2) is 48.6 Å². The second kappa shape index (κ2) is 9.21. The SMILES string of the molecule is CCc1ccc(C2CCC(/C=C/CCc3ccc(C4CO4)c(F)c3F)CC2)cc1. The van der Waals surface area contributed by atoms with Gasteiger partial charge in [-0.3, -0.25) is 0 Å². The third-order valence-electron chi connectivity index (χ3n) is 6.49. The van der Waals surface area contributed by atoms with Crippen LogP contribution in [0, 0.1) is 17.6 Å². The molecular weight excluding hydrogens is 366 g/mol. The summed E-state index contributed by atoms with van der Waals surface area (Å²) in [7, 11) is 0. The highest BCUT2D eigenvalue weighted by atomic mass is 19.2. The van der Waals surface area contributed by atoms with Crippen molar-refractivity contribution in [3.05, 3.63) is 82.4 Å². The fourth-order valence-electron chi connectivity index (χ4n) is 4.47. The van der Waals surface area contributed by atoms with Crippen LogP contribution >= 0.6 is 0 Å².